The molecule has 1 atom stereocenters. The molecule has 3 rings (SSSR count). The number of benzene rings is 2. The SMILES string of the molecule is CC1Nc2ccccc2C(=O)N1c1ccccc1Cl. The van der Waals surface area contributed by atoms with Gasteiger partial charge in [-0.15, -0.1) is 0 Å². The Kier molecular flexibility index (Phi) is 2.91. The predicted molar refractivity (Wildman–Crippen MR) is 77.8 cm³/mol. The van der Waals surface area contributed by atoms with E-state index in [1.54, 1.807) is 11.0 Å². The summed E-state index contributed by atoms with van der Waals surface area (Å²) in [6.07, 6.45) is -0.137. The molecule has 1 heterocycles. The number of para-hydroxylation sites is 2. The Balaban J connectivity index is 2.10. The van der Waals surface area contributed by atoms with E-state index in [0.29, 0.717) is 10.6 Å². The van der Waals surface area contributed by atoms with Gasteiger partial charge in [-0.25, -0.2) is 0 Å². The molecule has 1 amide bonds. The molecule has 0 saturated heterocycles. The third-order valence-electron chi connectivity index (χ3n) is 3.24. The topological polar surface area (TPSA) is 32.3 Å². The number of hydrogen-bond acceptors (Lipinski definition) is 2. The molecule has 19 heavy (non-hydrogen) atoms. The second kappa shape index (κ2) is 4.59. The fourth-order valence-corrected chi connectivity index (χ4v) is 2.58. The van der Waals surface area contributed by atoms with Gasteiger partial charge < -0.3 is 5.32 Å². The zero-order valence-corrected chi connectivity index (χ0v) is 11.2. The third kappa shape index (κ3) is 1.96. The van der Waals surface area contributed by atoms with Gasteiger partial charge in [0.25, 0.3) is 5.91 Å². The van der Waals surface area contributed by atoms with Gasteiger partial charge in [-0.05, 0) is 31.2 Å². The van der Waals surface area contributed by atoms with Gasteiger partial charge in [0.2, 0.25) is 0 Å². The monoisotopic (exact) mass is 272 g/mol. The van der Waals surface area contributed by atoms with Gasteiger partial charge in [0.1, 0.15) is 6.17 Å². The number of nitrogens with one attached hydrogen (secondary N) is 1. The first-order valence-corrected chi connectivity index (χ1v) is 6.50. The lowest BCUT2D eigenvalue weighted by molar-refractivity contribution is 0.0977. The Labute approximate surface area is 116 Å². The number of carbonyl (C=O) groups is 1. The highest BCUT2D eigenvalue weighted by Gasteiger charge is 2.31. The van der Waals surface area contributed by atoms with Crippen LogP contribution in [0.3, 0.4) is 0 Å². The summed E-state index contributed by atoms with van der Waals surface area (Å²) < 4.78 is 0. The number of amides is 1. The molecule has 1 aliphatic heterocycles. The standard InChI is InChI=1S/C15H13ClN2O/c1-10-17-13-8-4-2-6-11(13)15(19)18(10)14-9-5-3-7-12(14)16/h2-10,17H,1H3. The van der Waals surface area contributed by atoms with Gasteiger partial charge in [0.15, 0.2) is 0 Å². The minimum atomic E-state index is -0.137. The van der Waals surface area contributed by atoms with Crippen molar-refractivity contribution in [1.82, 2.24) is 0 Å². The van der Waals surface area contributed by atoms with Crippen molar-refractivity contribution in [2.75, 3.05) is 10.2 Å². The van der Waals surface area contributed by atoms with E-state index in [-0.39, 0.29) is 12.1 Å². The fourth-order valence-electron chi connectivity index (χ4n) is 2.36. The predicted octanol–water partition coefficient (Wildman–Crippen LogP) is 3.76. The maximum Gasteiger partial charge on any atom is 0.262 e. The summed E-state index contributed by atoms with van der Waals surface area (Å²) in [6, 6.07) is 14.9. The Morgan fingerprint density at radius 1 is 1.11 bits per heavy atom. The Morgan fingerprint density at radius 2 is 1.79 bits per heavy atom. The van der Waals surface area contributed by atoms with E-state index in [1.807, 2.05) is 49.4 Å². The Morgan fingerprint density at radius 3 is 2.58 bits per heavy atom. The first-order chi connectivity index (χ1) is 9.18. The normalized spacial score (nSPS) is 17.9. The number of fused-ring (bicyclic) bond motifs is 1. The average Bonchev–Trinajstić information content (AvgIpc) is 2.41. The molecule has 2 aromatic rings. The van der Waals surface area contributed by atoms with Crippen molar-refractivity contribution in [3.8, 4) is 0 Å². The molecule has 1 N–H and O–H groups in total. The van der Waals surface area contributed by atoms with Gasteiger partial charge in [0.05, 0.1) is 16.3 Å². The number of hydrogen-bond donors (Lipinski definition) is 1. The number of nitrogens with zero attached hydrogens (tertiary/aromatic N) is 1. The highest BCUT2D eigenvalue weighted by Crippen LogP contribution is 2.33. The van der Waals surface area contributed by atoms with Gasteiger partial charge in [-0.2, -0.15) is 0 Å². The lowest BCUT2D eigenvalue weighted by atomic mass is 10.1. The lowest BCUT2D eigenvalue weighted by Crippen LogP contribution is -2.47. The smallest absolute Gasteiger partial charge is 0.262 e. The molecule has 1 unspecified atom stereocenters. The molecule has 0 spiro atoms. The van der Waals surface area contributed by atoms with Gasteiger partial charge in [0, 0.05) is 5.69 Å². The van der Waals surface area contributed by atoms with Crippen molar-refractivity contribution in [1.29, 1.82) is 0 Å². The molecule has 0 saturated carbocycles. The van der Waals surface area contributed by atoms with Crippen molar-refractivity contribution in [2.45, 2.75) is 13.1 Å². The van der Waals surface area contributed by atoms with E-state index in [2.05, 4.69) is 5.32 Å². The molecular weight excluding hydrogens is 260 g/mol. The fraction of sp³-hybridized carbons (Fsp3) is 0.133. The van der Waals surface area contributed by atoms with Crippen LogP contribution in [0.1, 0.15) is 17.3 Å². The van der Waals surface area contributed by atoms with Crippen LogP contribution in [-0.4, -0.2) is 12.1 Å². The van der Waals surface area contributed by atoms with Crippen LogP contribution in [0.25, 0.3) is 0 Å². The minimum absolute atomic E-state index is 0.0325. The number of rotatable bonds is 1. The molecule has 0 radical (unpaired) electrons. The summed E-state index contributed by atoms with van der Waals surface area (Å²) in [5.41, 5.74) is 2.26. The molecule has 1 aliphatic rings. The zero-order valence-electron chi connectivity index (χ0n) is 10.4. The van der Waals surface area contributed by atoms with Crippen LogP contribution >= 0.6 is 11.6 Å². The molecule has 96 valence electrons. The molecule has 0 bridgehead atoms. The van der Waals surface area contributed by atoms with Crippen molar-refractivity contribution in [2.24, 2.45) is 0 Å². The average molecular weight is 273 g/mol. The first kappa shape index (κ1) is 12.1. The number of halogens is 1. The lowest BCUT2D eigenvalue weighted by Gasteiger charge is -2.36. The molecule has 0 aromatic heterocycles. The molecule has 0 fully saturated rings. The largest absolute Gasteiger partial charge is 0.364 e. The highest BCUT2D eigenvalue weighted by atomic mass is 35.5. The summed E-state index contributed by atoms with van der Waals surface area (Å²) in [5, 5.41) is 3.89. The number of carbonyl (C=O) groups excluding carboxylic acids is 1. The molecule has 2 aromatic carbocycles. The summed E-state index contributed by atoms with van der Waals surface area (Å²) in [7, 11) is 0. The maximum atomic E-state index is 12.6. The summed E-state index contributed by atoms with van der Waals surface area (Å²) in [4.78, 5) is 14.3. The quantitative estimate of drug-likeness (QED) is 0.857. The van der Waals surface area contributed by atoms with E-state index >= 15 is 0 Å². The van der Waals surface area contributed by atoms with Crippen LogP contribution in [0.5, 0.6) is 0 Å². The zero-order chi connectivity index (χ0) is 13.4. The van der Waals surface area contributed by atoms with Crippen LogP contribution in [0, 0.1) is 0 Å². The van der Waals surface area contributed by atoms with Gasteiger partial charge >= 0.3 is 0 Å². The van der Waals surface area contributed by atoms with Gasteiger partial charge in [-0.1, -0.05) is 35.9 Å². The van der Waals surface area contributed by atoms with E-state index < -0.39 is 0 Å². The molecule has 0 aliphatic carbocycles. The molecular formula is C15H13ClN2O. The van der Waals surface area contributed by atoms with Gasteiger partial charge in [-0.3, -0.25) is 9.69 Å². The van der Waals surface area contributed by atoms with Crippen molar-refractivity contribution < 1.29 is 4.79 Å². The van der Waals surface area contributed by atoms with E-state index in [1.165, 1.54) is 0 Å². The van der Waals surface area contributed by atoms with Crippen LogP contribution in [0.2, 0.25) is 5.02 Å². The second-order valence-corrected chi connectivity index (χ2v) is 4.90. The summed E-state index contributed by atoms with van der Waals surface area (Å²) in [6.45, 7) is 1.94. The highest BCUT2D eigenvalue weighted by molar-refractivity contribution is 6.34. The van der Waals surface area contributed by atoms with E-state index in [9.17, 15) is 4.79 Å². The van der Waals surface area contributed by atoms with Crippen LogP contribution < -0.4 is 10.2 Å². The first-order valence-electron chi connectivity index (χ1n) is 6.12. The van der Waals surface area contributed by atoms with Crippen LogP contribution in [0.15, 0.2) is 48.5 Å². The minimum Gasteiger partial charge on any atom is -0.364 e. The van der Waals surface area contributed by atoms with Crippen molar-refractivity contribution >= 4 is 28.9 Å². The van der Waals surface area contributed by atoms with Crippen LogP contribution in [0.4, 0.5) is 11.4 Å². The number of anilines is 2. The van der Waals surface area contributed by atoms with E-state index in [0.717, 1.165) is 11.4 Å². The Bertz CT molecular complexity index is 642. The van der Waals surface area contributed by atoms with Crippen LogP contribution in [-0.2, 0) is 0 Å². The molecule has 3 nitrogen and oxygen atoms in total. The second-order valence-electron chi connectivity index (χ2n) is 4.49. The van der Waals surface area contributed by atoms with Crippen molar-refractivity contribution in [3.63, 3.8) is 0 Å². The molecule has 4 heteroatoms. The summed E-state index contributed by atoms with van der Waals surface area (Å²) in [5.74, 6) is -0.0325. The van der Waals surface area contributed by atoms with Crippen molar-refractivity contribution in [3.05, 3.63) is 59.1 Å². The van der Waals surface area contributed by atoms with E-state index in [4.69, 9.17) is 11.6 Å². The Hall–Kier alpha value is -2.00. The third-order valence-corrected chi connectivity index (χ3v) is 3.56. The maximum absolute atomic E-state index is 12.6. The summed E-state index contributed by atoms with van der Waals surface area (Å²) >= 11 is 6.19.